The molecule has 0 aliphatic carbocycles. The summed E-state index contributed by atoms with van der Waals surface area (Å²) in [4.78, 5) is 25.5. The Morgan fingerprint density at radius 1 is 1.35 bits per heavy atom. The summed E-state index contributed by atoms with van der Waals surface area (Å²) in [5.74, 6) is -0.520. The van der Waals surface area contributed by atoms with Gasteiger partial charge in [-0.2, -0.15) is 0 Å². The first-order chi connectivity index (χ1) is 9.65. The Morgan fingerprint density at radius 3 is 2.65 bits per heavy atom. The monoisotopic (exact) mass is 277 g/mol. The summed E-state index contributed by atoms with van der Waals surface area (Å²) >= 11 is 0. The Morgan fingerprint density at radius 2 is 2.05 bits per heavy atom. The Kier molecular flexibility index (Phi) is 4.74. The highest BCUT2D eigenvalue weighted by atomic mass is 16.6. The van der Waals surface area contributed by atoms with E-state index >= 15 is 0 Å². The van der Waals surface area contributed by atoms with Gasteiger partial charge in [0.25, 0.3) is 5.91 Å². The first-order valence-electron chi connectivity index (χ1n) is 6.73. The van der Waals surface area contributed by atoms with E-state index < -0.39 is 12.1 Å². The van der Waals surface area contributed by atoms with Gasteiger partial charge in [0, 0.05) is 12.1 Å². The second-order valence-electron chi connectivity index (χ2n) is 4.68. The van der Waals surface area contributed by atoms with Gasteiger partial charge in [-0.15, -0.1) is 0 Å². The predicted molar refractivity (Wildman–Crippen MR) is 73.5 cm³/mol. The molecule has 0 bridgehead atoms. The van der Waals surface area contributed by atoms with E-state index in [1.54, 1.807) is 4.90 Å². The number of hydrogen-bond acceptors (Lipinski definition) is 4. The molecule has 1 heterocycles. The molecule has 0 radical (unpaired) electrons. The lowest BCUT2D eigenvalue weighted by atomic mass is 10.1. The Labute approximate surface area is 118 Å². The number of esters is 1. The molecule has 1 unspecified atom stereocenters. The Bertz CT molecular complexity index is 483. The zero-order valence-corrected chi connectivity index (χ0v) is 11.8. The molecule has 0 saturated carbocycles. The average molecular weight is 277 g/mol. The van der Waals surface area contributed by atoms with E-state index in [0.717, 1.165) is 6.42 Å². The molecular weight excluding hydrogens is 258 g/mol. The van der Waals surface area contributed by atoms with Gasteiger partial charge in [-0.3, -0.25) is 4.79 Å². The number of hydrogen-bond donors (Lipinski definition) is 0. The normalized spacial score (nSPS) is 18.7. The third kappa shape index (κ3) is 3.17. The SMILES string of the molecule is CCc1ccc(C(=O)N2CCOC(C(=O)OC)C2)cc1. The van der Waals surface area contributed by atoms with Crippen LogP contribution < -0.4 is 0 Å². The van der Waals surface area contributed by atoms with Crippen LogP contribution in [0.4, 0.5) is 0 Å². The third-order valence-electron chi connectivity index (χ3n) is 3.43. The van der Waals surface area contributed by atoms with Crippen LogP contribution in [0.1, 0.15) is 22.8 Å². The van der Waals surface area contributed by atoms with Crippen molar-refractivity contribution in [2.75, 3.05) is 26.8 Å². The number of carbonyl (C=O) groups excluding carboxylic acids is 2. The third-order valence-corrected chi connectivity index (χ3v) is 3.43. The van der Waals surface area contributed by atoms with Gasteiger partial charge in [0.2, 0.25) is 0 Å². The van der Waals surface area contributed by atoms with Crippen molar-refractivity contribution in [2.45, 2.75) is 19.4 Å². The summed E-state index contributed by atoms with van der Waals surface area (Å²) in [6.45, 7) is 3.14. The molecule has 0 aromatic heterocycles. The zero-order chi connectivity index (χ0) is 14.5. The minimum absolute atomic E-state index is 0.0788. The van der Waals surface area contributed by atoms with Crippen molar-refractivity contribution in [3.8, 4) is 0 Å². The predicted octanol–water partition coefficient (Wildman–Crippen LogP) is 1.26. The summed E-state index contributed by atoms with van der Waals surface area (Å²) in [6.07, 6.45) is 0.254. The summed E-state index contributed by atoms with van der Waals surface area (Å²) in [6, 6.07) is 7.55. The molecule has 1 amide bonds. The lowest BCUT2D eigenvalue weighted by Gasteiger charge is -2.31. The summed E-state index contributed by atoms with van der Waals surface area (Å²) in [5, 5.41) is 0. The van der Waals surface area contributed by atoms with Gasteiger partial charge < -0.3 is 14.4 Å². The van der Waals surface area contributed by atoms with Crippen molar-refractivity contribution in [3.05, 3.63) is 35.4 Å². The fourth-order valence-corrected chi connectivity index (χ4v) is 2.17. The standard InChI is InChI=1S/C15H19NO4/c1-3-11-4-6-12(7-5-11)14(17)16-8-9-20-13(10-16)15(18)19-2/h4-7,13H,3,8-10H2,1-2H3. The molecule has 1 aliphatic rings. The maximum Gasteiger partial charge on any atom is 0.336 e. The second kappa shape index (κ2) is 6.52. The Hall–Kier alpha value is -1.88. The van der Waals surface area contributed by atoms with Gasteiger partial charge in [-0.25, -0.2) is 4.79 Å². The molecule has 1 atom stereocenters. The lowest BCUT2D eigenvalue weighted by molar-refractivity contribution is -0.158. The van der Waals surface area contributed by atoms with Crippen LogP contribution in [0.2, 0.25) is 0 Å². The number of morpholine rings is 1. The van der Waals surface area contributed by atoms with E-state index in [4.69, 9.17) is 4.74 Å². The van der Waals surface area contributed by atoms with E-state index in [2.05, 4.69) is 11.7 Å². The van der Waals surface area contributed by atoms with E-state index in [1.165, 1.54) is 12.7 Å². The van der Waals surface area contributed by atoms with Gasteiger partial charge in [-0.05, 0) is 24.1 Å². The number of methoxy groups -OCH3 is 1. The van der Waals surface area contributed by atoms with E-state index in [-0.39, 0.29) is 12.5 Å². The minimum atomic E-state index is -0.687. The first-order valence-corrected chi connectivity index (χ1v) is 6.73. The summed E-state index contributed by atoms with van der Waals surface area (Å²) in [5.41, 5.74) is 1.82. The zero-order valence-electron chi connectivity index (χ0n) is 11.8. The topological polar surface area (TPSA) is 55.8 Å². The molecule has 108 valence electrons. The van der Waals surface area contributed by atoms with Crippen LogP contribution in [-0.4, -0.2) is 49.7 Å². The molecule has 5 heteroatoms. The number of rotatable bonds is 3. The van der Waals surface area contributed by atoms with Crippen molar-refractivity contribution in [1.82, 2.24) is 4.90 Å². The van der Waals surface area contributed by atoms with E-state index in [9.17, 15) is 9.59 Å². The van der Waals surface area contributed by atoms with E-state index in [0.29, 0.717) is 18.7 Å². The molecule has 0 spiro atoms. The second-order valence-corrected chi connectivity index (χ2v) is 4.68. The molecule has 1 aromatic carbocycles. The number of carbonyl (C=O) groups is 2. The van der Waals surface area contributed by atoms with Crippen LogP contribution in [0.15, 0.2) is 24.3 Å². The number of ether oxygens (including phenoxy) is 2. The van der Waals surface area contributed by atoms with Crippen LogP contribution in [0.25, 0.3) is 0 Å². The minimum Gasteiger partial charge on any atom is -0.467 e. The van der Waals surface area contributed by atoms with Gasteiger partial charge >= 0.3 is 5.97 Å². The smallest absolute Gasteiger partial charge is 0.336 e. The summed E-state index contributed by atoms with van der Waals surface area (Å²) < 4.78 is 9.97. The molecule has 0 N–H and O–H groups in total. The van der Waals surface area contributed by atoms with Crippen LogP contribution in [0.3, 0.4) is 0 Å². The average Bonchev–Trinajstić information content (AvgIpc) is 2.53. The molecule has 1 saturated heterocycles. The number of nitrogens with zero attached hydrogens (tertiary/aromatic N) is 1. The van der Waals surface area contributed by atoms with Crippen molar-refractivity contribution in [2.24, 2.45) is 0 Å². The van der Waals surface area contributed by atoms with Crippen molar-refractivity contribution in [1.29, 1.82) is 0 Å². The molecule has 2 rings (SSSR count). The van der Waals surface area contributed by atoms with Crippen LogP contribution in [-0.2, 0) is 20.7 Å². The van der Waals surface area contributed by atoms with Crippen LogP contribution >= 0.6 is 0 Å². The molecule has 1 aromatic rings. The maximum atomic E-state index is 12.4. The largest absolute Gasteiger partial charge is 0.467 e. The van der Waals surface area contributed by atoms with Crippen molar-refractivity contribution in [3.63, 3.8) is 0 Å². The first kappa shape index (κ1) is 14.5. The highest BCUT2D eigenvalue weighted by molar-refractivity contribution is 5.94. The molecule has 20 heavy (non-hydrogen) atoms. The van der Waals surface area contributed by atoms with Crippen molar-refractivity contribution >= 4 is 11.9 Å². The lowest BCUT2D eigenvalue weighted by Crippen LogP contribution is -2.48. The number of aryl methyl sites for hydroxylation is 1. The molecular formula is C15H19NO4. The highest BCUT2D eigenvalue weighted by Crippen LogP contribution is 2.13. The van der Waals surface area contributed by atoms with E-state index in [1.807, 2.05) is 24.3 Å². The highest BCUT2D eigenvalue weighted by Gasteiger charge is 2.30. The summed E-state index contributed by atoms with van der Waals surface area (Å²) in [7, 11) is 1.32. The fraction of sp³-hybridized carbons (Fsp3) is 0.467. The number of benzene rings is 1. The quantitative estimate of drug-likeness (QED) is 0.781. The van der Waals surface area contributed by atoms with Gasteiger partial charge in [-0.1, -0.05) is 19.1 Å². The molecule has 1 aliphatic heterocycles. The molecule has 1 fully saturated rings. The number of amides is 1. The van der Waals surface area contributed by atoms with Crippen LogP contribution in [0.5, 0.6) is 0 Å². The van der Waals surface area contributed by atoms with Crippen LogP contribution in [0, 0.1) is 0 Å². The Balaban J connectivity index is 2.05. The maximum absolute atomic E-state index is 12.4. The van der Waals surface area contributed by atoms with Gasteiger partial charge in [0.15, 0.2) is 6.10 Å². The van der Waals surface area contributed by atoms with Gasteiger partial charge in [0.1, 0.15) is 0 Å². The van der Waals surface area contributed by atoms with Crippen molar-refractivity contribution < 1.29 is 19.1 Å². The molecule has 5 nitrogen and oxygen atoms in total. The fourth-order valence-electron chi connectivity index (χ4n) is 2.17. The van der Waals surface area contributed by atoms with Gasteiger partial charge in [0.05, 0.1) is 20.3 Å².